The minimum atomic E-state index is -0.0265. The second-order valence-electron chi connectivity index (χ2n) is 9.99. The normalized spacial score (nSPS) is 16.4. The summed E-state index contributed by atoms with van der Waals surface area (Å²) in [5.41, 5.74) is 7.62. The van der Waals surface area contributed by atoms with E-state index in [0.717, 1.165) is 49.8 Å². The second kappa shape index (κ2) is 10.2. The molecule has 2 aliphatic heterocycles. The van der Waals surface area contributed by atoms with Crippen molar-refractivity contribution in [3.05, 3.63) is 83.2 Å². The van der Waals surface area contributed by atoms with E-state index in [4.69, 9.17) is 4.98 Å². The zero-order valence-electron chi connectivity index (χ0n) is 22.3. The lowest BCUT2D eigenvalue weighted by Gasteiger charge is -2.27. The van der Waals surface area contributed by atoms with E-state index in [1.54, 1.807) is 25.2 Å². The van der Waals surface area contributed by atoms with Gasteiger partial charge in [-0.15, -0.1) is 0 Å². The summed E-state index contributed by atoms with van der Waals surface area (Å²) in [6.45, 7) is 3.54. The molecule has 0 spiro atoms. The summed E-state index contributed by atoms with van der Waals surface area (Å²) in [7, 11) is 9.68. The molecule has 0 bridgehead atoms. The largest absolute Gasteiger partial charge is 0.375 e. The number of nitrogens with one attached hydrogen (secondary N) is 1. The highest BCUT2D eigenvalue weighted by molar-refractivity contribution is 5.94. The Bertz CT molecular complexity index is 1410. The molecule has 2 aliphatic rings. The van der Waals surface area contributed by atoms with Crippen LogP contribution in [0.4, 0.5) is 0 Å². The van der Waals surface area contributed by atoms with E-state index in [9.17, 15) is 4.79 Å². The van der Waals surface area contributed by atoms with Crippen molar-refractivity contribution < 1.29 is 4.79 Å². The fourth-order valence-electron chi connectivity index (χ4n) is 5.14. The Morgan fingerprint density at radius 2 is 1.95 bits per heavy atom. The summed E-state index contributed by atoms with van der Waals surface area (Å²) in [5.74, 6) is 1.09. The van der Waals surface area contributed by atoms with Crippen molar-refractivity contribution >= 4 is 28.1 Å². The van der Waals surface area contributed by atoms with Gasteiger partial charge in [0.2, 0.25) is 0 Å². The lowest BCUT2D eigenvalue weighted by molar-refractivity contribution is 0.0827. The maximum atomic E-state index is 12.1. The highest BCUT2D eigenvalue weighted by Gasteiger charge is 2.20. The van der Waals surface area contributed by atoms with Crippen LogP contribution < -0.4 is 5.32 Å². The van der Waals surface area contributed by atoms with Gasteiger partial charge in [0.05, 0.1) is 11.3 Å². The number of pyridine rings is 2. The number of aromatic nitrogens is 3. The summed E-state index contributed by atoms with van der Waals surface area (Å²) < 4.78 is 2.22. The number of allylic oxidation sites excluding steroid dienone is 2. The first kappa shape index (κ1) is 24.8. The lowest BCUT2D eigenvalue weighted by Crippen LogP contribution is -2.29. The van der Waals surface area contributed by atoms with Crippen LogP contribution in [0, 0.1) is 0 Å². The van der Waals surface area contributed by atoms with Crippen LogP contribution in [-0.4, -0.2) is 83.0 Å². The Morgan fingerprint density at radius 1 is 1.11 bits per heavy atom. The van der Waals surface area contributed by atoms with Gasteiger partial charge in [-0.1, -0.05) is 12.2 Å². The molecule has 3 aromatic heterocycles. The molecule has 0 unspecified atom stereocenters. The number of nitrogens with zero attached hydrogens (tertiary/aromatic N) is 6. The molecule has 0 aliphatic carbocycles. The molecule has 0 aromatic carbocycles. The summed E-state index contributed by atoms with van der Waals surface area (Å²) in [6.07, 6.45) is 11.1. The third-order valence-electron chi connectivity index (χ3n) is 7.32. The number of amides is 1. The van der Waals surface area contributed by atoms with Crippen LogP contribution in [0.2, 0.25) is 0 Å². The maximum Gasteiger partial charge on any atom is 0.254 e. The van der Waals surface area contributed by atoms with E-state index in [-0.39, 0.29) is 5.91 Å². The van der Waals surface area contributed by atoms with Gasteiger partial charge < -0.3 is 19.7 Å². The molecule has 3 aromatic rings. The number of carbonyl (C=O) groups is 1. The zero-order chi connectivity index (χ0) is 26.1. The fourth-order valence-corrected chi connectivity index (χ4v) is 5.14. The highest BCUT2D eigenvalue weighted by atomic mass is 16.2. The zero-order valence-corrected chi connectivity index (χ0v) is 22.3. The molecule has 8 nitrogen and oxygen atoms in total. The van der Waals surface area contributed by atoms with Gasteiger partial charge in [-0.2, -0.15) is 0 Å². The van der Waals surface area contributed by atoms with E-state index in [1.807, 2.05) is 25.4 Å². The van der Waals surface area contributed by atoms with E-state index in [1.165, 1.54) is 27.8 Å². The van der Waals surface area contributed by atoms with Crippen molar-refractivity contribution in [2.24, 2.45) is 7.05 Å². The molecule has 0 atom stereocenters. The molecular formula is C29H35N7O. The first-order valence-electron chi connectivity index (χ1n) is 12.7. The molecule has 192 valence electrons. The average molecular weight is 498 g/mol. The molecule has 0 saturated carbocycles. The van der Waals surface area contributed by atoms with Crippen molar-refractivity contribution in [2.45, 2.75) is 13.0 Å². The van der Waals surface area contributed by atoms with Gasteiger partial charge in [0.1, 0.15) is 11.5 Å². The van der Waals surface area contributed by atoms with Crippen LogP contribution in [0.5, 0.6) is 0 Å². The Hall–Kier alpha value is -3.91. The SMILES string of the molecule is CNC1=CC=C(c2ccnc3c2cc(CN2CC=C(c4ccc(C(=O)N(C)C)cn4)CC2)n3C)CN1C. The first-order valence-corrected chi connectivity index (χ1v) is 12.7. The molecule has 0 saturated heterocycles. The Morgan fingerprint density at radius 3 is 2.59 bits per heavy atom. The fraction of sp³-hybridized carbons (Fsp3) is 0.345. The Labute approximate surface area is 218 Å². The van der Waals surface area contributed by atoms with Gasteiger partial charge in [0, 0.05) is 84.9 Å². The minimum Gasteiger partial charge on any atom is -0.375 e. The predicted octanol–water partition coefficient (Wildman–Crippen LogP) is 3.35. The van der Waals surface area contributed by atoms with Gasteiger partial charge >= 0.3 is 0 Å². The topological polar surface area (TPSA) is 69.5 Å². The number of aryl methyl sites for hydroxylation is 1. The van der Waals surface area contributed by atoms with Gasteiger partial charge in [-0.05, 0) is 53.5 Å². The summed E-state index contributed by atoms with van der Waals surface area (Å²) >= 11 is 0. The van der Waals surface area contributed by atoms with Crippen molar-refractivity contribution in [1.29, 1.82) is 0 Å². The van der Waals surface area contributed by atoms with E-state index in [2.05, 4.69) is 69.1 Å². The second-order valence-corrected chi connectivity index (χ2v) is 9.99. The number of likely N-dealkylation sites (N-methyl/N-ethyl adjacent to an activating group) is 1. The Balaban J connectivity index is 1.32. The van der Waals surface area contributed by atoms with Crippen LogP contribution in [0.1, 0.15) is 33.7 Å². The summed E-state index contributed by atoms with van der Waals surface area (Å²) in [5, 5.41) is 4.44. The molecule has 8 heteroatoms. The van der Waals surface area contributed by atoms with Crippen LogP contribution in [0.25, 0.3) is 22.2 Å². The molecule has 5 heterocycles. The van der Waals surface area contributed by atoms with E-state index < -0.39 is 0 Å². The van der Waals surface area contributed by atoms with Crippen LogP contribution in [0.3, 0.4) is 0 Å². The molecular weight excluding hydrogens is 462 g/mol. The number of hydrogen-bond donors (Lipinski definition) is 1. The molecule has 37 heavy (non-hydrogen) atoms. The van der Waals surface area contributed by atoms with E-state index in [0.29, 0.717) is 5.56 Å². The third-order valence-corrected chi connectivity index (χ3v) is 7.32. The quantitative estimate of drug-likeness (QED) is 0.563. The Kier molecular flexibility index (Phi) is 6.84. The predicted molar refractivity (Wildman–Crippen MR) is 149 cm³/mol. The van der Waals surface area contributed by atoms with Crippen molar-refractivity contribution in [3.63, 3.8) is 0 Å². The first-order chi connectivity index (χ1) is 17.9. The van der Waals surface area contributed by atoms with Gasteiger partial charge in [0.15, 0.2) is 0 Å². The highest BCUT2D eigenvalue weighted by Crippen LogP contribution is 2.30. The van der Waals surface area contributed by atoms with Crippen LogP contribution in [0.15, 0.2) is 60.7 Å². The molecule has 5 rings (SSSR count). The maximum absolute atomic E-state index is 12.1. The number of hydrogen-bond acceptors (Lipinski definition) is 6. The van der Waals surface area contributed by atoms with Gasteiger partial charge in [0.25, 0.3) is 5.91 Å². The molecule has 0 fully saturated rings. The standard InChI is InChI=1S/C29H35N7O/c1-30-27-9-7-22(18-34(27)4)24-10-13-31-28-25(24)16-23(35(28)5)19-36-14-11-20(12-15-36)26-8-6-21(17-32-26)29(37)33(2)3/h6-11,13,16-17,30H,12,14-15,18-19H2,1-5H3. The number of rotatable bonds is 6. The number of fused-ring (bicyclic) bond motifs is 1. The monoisotopic (exact) mass is 497 g/mol. The minimum absolute atomic E-state index is 0.0265. The van der Waals surface area contributed by atoms with Gasteiger partial charge in [-0.25, -0.2) is 4.98 Å². The third kappa shape index (κ3) is 4.89. The molecule has 1 amide bonds. The average Bonchev–Trinajstić information content (AvgIpc) is 3.23. The van der Waals surface area contributed by atoms with Crippen molar-refractivity contribution in [1.82, 2.24) is 34.6 Å². The summed E-state index contributed by atoms with van der Waals surface area (Å²) in [6, 6.07) is 8.26. The van der Waals surface area contributed by atoms with Crippen molar-refractivity contribution in [3.8, 4) is 0 Å². The van der Waals surface area contributed by atoms with Crippen LogP contribution in [-0.2, 0) is 13.6 Å². The smallest absolute Gasteiger partial charge is 0.254 e. The van der Waals surface area contributed by atoms with Gasteiger partial charge in [-0.3, -0.25) is 14.7 Å². The van der Waals surface area contributed by atoms with Crippen LogP contribution >= 0.6 is 0 Å². The summed E-state index contributed by atoms with van der Waals surface area (Å²) in [4.78, 5) is 27.7. The van der Waals surface area contributed by atoms with E-state index >= 15 is 0 Å². The molecule has 0 radical (unpaired) electrons. The van der Waals surface area contributed by atoms with Crippen molar-refractivity contribution in [2.75, 3.05) is 47.8 Å². The number of carbonyl (C=O) groups excluding carboxylic acids is 1. The lowest BCUT2D eigenvalue weighted by atomic mass is 10.0. The molecule has 1 N–H and O–H groups in total.